The van der Waals surface area contributed by atoms with Crippen molar-refractivity contribution in [3.8, 4) is 5.75 Å². The van der Waals surface area contributed by atoms with E-state index in [1.807, 2.05) is 19.1 Å². The minimum absolute atomic E-state index is 0. The number of carboxylic acids is 1. The maximum absolute atomic E-state index is 12.0. The minimum atomic E-state index is -0.970. The van der Waals surface area contributed by atoms with Gasteiger partial charge in [0.15, 0.2) is 6.04 Å². The van der Waals surface area contributed by atoms with Crippen LogP contribution >= 0.6 is 12.4 Å². The monoisotopic (exact) mass is 446 g/mol. The van der Waals surface area contributed by atoms with Crippen molar-refractivity contribution in [2.75, 3.05) is 31.6 Å². The first kappa shape index (κ1) is 24.5. The molecule has 5 N–H and O–H groups in total. The van der Waals surface area contributed by atoms with Crippen LogP contribution in [0.15, 0.2) is 42.5 Å². The summed E-state index contributed by atoms with van der Waals surface area (Å²) in [6, 6.07) is 11.6. The van der Waals surface area contributed by atoms with E-state index in [-0.39, 0.29) is 18.2 Å². The standard InChI is InChI=1S/C23H30N4O3.ClH/c1-2-16-13-18(15-20(14-16)30-12-11-27-9-3-4-10-27)21(23(28)29)26-19-7-5-17(6-8-19)22(24)25;/h5-8,13-15,21,26H,2-4,9-12H2,1H3,(H3,24,25)(H,28,29);1H. The van der Waals surface area contributed by atoms with E-state index < -0.39 is 12.0 Å². The van der Waals surface area contributed by atoms with Gasteiger partial charge in [0.25, 0.3) is 0 Å². The number of nitrogen functional groups attached to an aromatic ring is 1. The summed E-state index contributed by atoms with van der Waals surface area (Å²) < 4.78 is 5.97. The quantitative estimate of drug-likeness (QED) is 0.327. The fourth-order valence-electron chi connectivity index (χ4n) is 3.64. The Morgan fingerprint density at radius 2 is 1.90 bits per heavy atom. The molecule has 0 radical (unpaired) electrons. The molecule has 2 aromatic rings. The SMILES string of the molecule is CCc1cc(OCCN2CCCC2)cc(C(Nc2ccc(C(=N)N)cc2)C(=O)O)c1.Cl. The van der Waals surface area contributed by atoms with Gasteiger partial charge in [-0.05, 0) is 79.9 Å². The lowest BCUT2D eigenvalue weighted by atomic mass is 10.0. The minimum Gasteiger partial charge on any atom is -0.492 e. The van der Waals surface area contributed by atoms with Crippen molar-refractivity contribution >= 4 is 29.9 Å². The second kappa shape index (κ2) is 11.6. The molecule has 0 saturated carbocycles. The maximum atomic E-state index is 12.0. The molecule has 1 unspecified atom stereocenters. The molecule has 0 aromatic heterocycles. The van der Waals surface area contributed by atoms with Gasteiger partial charge in [-0.15, -0.1) is 12.4 Å². The van der Waals surface area contributed by atoms with Crippen LogP contribution in [0.25, 0.3) is 0 Å². The van der Waals surface area contributed by atoms with Gasteiger partial charge < -0.3 is 20.9 Å². The molecule has 0 bridgehead atoms. The smallest absolute Gasteiger partial charge is 0.330 e. The number of likely N-dealkylation sites (tertiary alicyclic amines) is 1. The Labute approximate surface area is 189 Å². The molecule has 1 atom stereocenters. The highest BCUT2D eigenvalue weighted by Gasteiger charge is 2.21. The summed E-state index contributed by atoms with van der Waals surface area (Å²) in [5.74, 6) is -0.298. The number of amidine groups is 1. The van der Waals surface area contributed by atoms with Gasteiger partial charge in [0.1, 0.15) is 18.2 Å². The number of nitrogens with two attached hydrogens (primary N) is 1. The second-order valence-electron chi connectivity index (χ2n) is 7.57. The Morgan fingerprint density at radius 1 is 1.23 bits per heavy atom. The third-order valence-corrected chi connectivity index (χ3v) is 5.36. The van der Waals surface area contributed by atoms with Crippen LogP contribution in [-0.4, -0.2) is 48.1 Å². The summed E-state index contributed by atoms with van der Waals surface area (Å²) in [7, 11) is 0. The number of benzene rings is 2. The Bertz CT molecular complexity index is 883. The molecule has 0 aliphatic carbocycles. The van der Waals surface area contributed by atoms with Gasteiger partial charge in [-0.2, -0.15) is 0 Å². The molecule has 31 heavy (non-hydrogen) atoms. The number of aliphatic carboxylic acids is 1. The Hall–Kier alpha value is -2.77. The number of carboxylic acid groups (broad SMARTS) is 1. The lowest BCUT2D eigenvalue weighted by molar-refractivity contribution is -0.138. The zero-order valence-electron chi connectivity index (χ0n) is 17.8. The molecule has 2 aromatic carbocycles. The maximum Gasteiger partial charge on any atom is 0.330 e. The number of hydrogen-bond acceptors (Lipinski definition) is 5. The van der Waals surface area contributed by atoms with Crippen LogP contribution in [0.5, 0.6) is 5.75 Å². The molecule has 7 nitrogen and oxygen atoms in total. The number of nitrogens with zero attached hydrogens (tertiary/aromatic N) is 1. The van der Waals surface area contributed by atoms with Gasteiger partial charge in [-0.25, -0.2) is 4.79 Å². The van der Waals surface area contributed by atoms with E-state index in [1.54, 1.807) is 30.3 Å². The van der Waals surface area contributed by atoms with Gasteiger partial charge >= 0.3 is 5.97 Å². The van der Waals surface area contributed by atoms with Crippen LogP contribution in [0.2, 0.25) is 0 Å². The highest BCUT2D eigenvalue weighted by molar-refractivity contribution is 5.95. The third kappa shape index (κ3) is 6.87. The van der Waals surface area contributed by atoms with Crippen molar-refractivity contribution in [2.24, 2.45) is 5.73 Å². The summed E-state index contributed by atoms with van der Waals surface area (Å²) in [6.07, 6.45) is 3.28. The average molecular weight is 447 g/mol. The molecule has 1 fully saturated rings. The first-order valence-electron chi connectivity index (χ1n) is 10.4. The molecule has 1 heterocycles. The van der Waals surface area contributed by atoms with Crippen molar-refractivity contribution in [3.05, 3.63) is 59.2 Å². The molecular formula is C23H31ClN4O3. The molecule has 3 rings (SSSR count). The molecule has 1 aliphatic heterocycles. The molecule has 1 saturated heterocycles. The van der Waals surface area contributed by atoms with Crippen LogP contribution in [-0.2, 0) is 11.2 Å². The predicted molar refractivity (Wildman–Crippen MR) is 126 cm³/mol. The van der Waals surface area contributed by atoms with Crippen molar-refractivity contribution in [3.63, 3.8) is 0 Å². The molecular weight excluding hydrogens is 416 g/mol. The molecule has 8 heteroatoms. The van der Waals surface area contributed by atoms with Gasteiger partial charge in [0, 0.05) is 17.8 Å². The topological polar surface area (TPSA) is 112 Å². The zero-order chi connectivity index (χ0) is 21.5. The fraction of sp³-hybridized carbons (Fsp3) is 0.391. The molecule has 0 amide bonds. The summed E-state index contributed by atoms with van der Waals surface area (Å²) >= 11 is 0. The number of rotatable bonds is 10. The largest absolute Gasteiger partial charge is 0.492 e. The van der Waals surface area contributed by atoms with Gasteiger partial charge in [-0.1, -0.05) is 13.0 Å². The number of halogens is 1. The lowest BCUT2D eigenvalue weighted by Crippen LogP contribution is -2.25. The fourth-order valence-corrected chi connectivity index (χ4v) is 3.64. The Morgan fingerprint density at radius 3 is 2.48 bits per heavy atom. The summed E-state index contributed by atoms with van der Waals surface area (Å²) in [6.45, 7) is 5.75. The van der Waals surface area contributed by atoms with Crippen LogP contribution in [0, 0.1) is 5.41 Å². The van der Waals surface area contributed by atoms with Crippen LogP contribution in [0.1, 0.15) is 42.5 Å². The van der Waals surface area contributed by atoms with Crippen molar-refractivity contribution in [1.29, 1.82) is 5.41 Å². The van der Waals surface area contributed by atoms with E-state index in [9.17, 15) is 9.90 Å². The highest BCUT2D eigenvalue weighted by Crippen LogP contribution is 2.26. The first-order valence-corrected chi connectivity index (χ1v) is 10.4. The van der Waals surface area contributed by atoms with E-state index in [2.05, 4.69) is 10.2 Å². The van der Waals surface area contributed by atoms with Gasteiger partial charge in [-0.3, -0.25) is 10.3 Å². The second-order valence-corrected chi connectivity index (χ2v) is 7.57. The third-order valence-electron chi connectivity index (χ3n) is 5.36. The summed E-state index contributed by atoms with van der Waals surface area (Å²) in [4.78, 5) is 14.4. The van der Waals surface area contributed by atoms with E-state index >= 15 is 0 Å². The van der Waals surface area contributed by atoms with Crippen molar-refractivity contribution in [2.45, 2.75) is 32.2 Å². The Kier molecular flexibility index (Phi) is 9.15. The van der Waals surface area contributed by atoms with Gasteiger partial charge in [0.05, 0.1) is 0 Å². The normalized spacial score (nSPS) is 14.5. The van der Waals surface area contributed by atoms with Gasteiger partial charge in [0.2, 0.25) is 0 Å². The first-order chi connectivity index (χ1) is 14.5. The van der Waals surface area contributed by atoms with Crippen LogP contribution in [0.3, 0.4) is 0 Å². The molecule has 1 aliphatic rings. The number of carbonyl (C=O) groups is 1. The molecule has 0 spiro atoms. The molecule has 168 valence electrons. The number of anilines is 1. The number of nitrogens with one attached hydrogen (secondary N) is 2. The number of ether oxygens (including phenoxy) is 1. The number of aryl methyl sites for hydroxylation is 1. The highest BCUT2D eigenvalue weighted by atomic mass is 35.5. The lowest BCUT2D eigenvalue weighted by Gasteiger charge is -2.19. The summed E-state index contributed by atoms with van der Waals surface area (Å²) in [5, 5.41) is 20.4. The Balaban J connectivity index is 0.00000341. The average Bonchev–Trinajstić information content (AvgIpc) is 3.25. The zero-order valence-corrected chi connectivity index (χ0v) is 18.6. The van der Waals surface area contributed by atoms with Crippen molar-refractivity contribution in [1.82, 2.24) is 4.90 Å². The number of hydrogen-bond donors (Lipinski definition) is 4. The van der Waals surface area contributed by atoms with E-state index in [0.717, 1.165) is 31.6 Å². The van der Waals surface area contributed by atoms with Crippen molar-refractivity contribution < 1.29 is 14.6 Å². The van der Waals surface area contributed by atoms with Crippen LogP contribution < -0.4 is 15.8 Å². The van der Waals surface area contributed by atoms with Crippen LogP contribution in [0.4, 0.5) is 5.69 Å². The van der Waals surface area contributed by atoms with E-state index in [4.69, 9.17) is 15.9 Å². The summed E-state index contributed by atoms with van der Waals surface area (Å²) in [5.41, 5.74) is 8.40. The van der Waals surface area contributed by atoms with E-state index in [1.165, 1.54) is 12.8 Å². The predicted octanol–water partition coefficient (Wildman–Crippen LogP) is 3.67. The van der Waals surface area contributed by atoms with E-state index in [0.29, 0.717) is 29.2 Å².